The Morgan fingerprint density at radius 2 is 1.76 bits per heavy atom. The number of piperazine rings is 1. The SMILES string of the molecule is COc1ccc(N2CCN(C)CC2)cc1-c1cnn2c(N)c(-c3csc4ccccc34)cnc12. The van der Waals surface area contributed by atoms with Gasteiger partial charge in [0.05, 0.1) is 18.9 Å². The molecule has 0 radical (unpaired) electrons. The van der Waals surface area contributed by atoms with E-state index in [1.807, 2.05) is 24.5 Å². The summed E-state index contributed by atoms with van der Waals surface area (Å²) in [6.07, 6.45) is 3.70. The largest absolute Gasteiger partial charge is 0.496 e. The summed E-state index contributed by atoms with van der Waals surface area (Å²) in [7, 11) is 3.86. The summed E-state index contributed by atoms with van der Waals surface area (Å²) < 4.78 is 8.68. The van der Waals surface area contributed by atoms with Crippen molar-refractivity contribution >= 4 is 38.6 Å². The number of fused-ring (bicyclic) bond motifs is 2. The van der Waals surface area contributed by atoms with Crippen molar-refractivity contribution in [1.29, 1.82) is 0 Å². The van der Waals surface area contributed by atoms with Crippen LogP contribution in [0.15, 0.2) is 60.2 Å². The third kappa shape index (κ3) is 3.38. The summed E-state index contributed by atoms with van der Waals surface area (Å²) in [4.78, 5) is 9.59. The van der Waals surface area contributed by atoms with Gasteiger partial charge in [-0.2, -0.15) is 9.61 Å². The average molecular weight is 471 g/mol. The lowest BCUT2D eigenvalue weighted by Gasteiger charge is -2.34. The third-order valence-electron chi connectivity index (χ3n) is 6.68. The first-order valence-electron chi connectivity index (χ1n) is 11.3. The number of ether oxygens (including phenoxy) is 1. The molecule has 0 bridgehead atoms. The topological polar surface area (TPSA) is 71.9 Å². The van der Waals surface area contributed by atoms with Gasteiger partial charge in [-0.05, 0) is 36.7 Å². The molecule has 8 heteroatoms. The lowest BCUT2D eigenvalue weighted by molar-refractivity contribution is 0.313. The fraction of sp³-hybridized carbons (Fsp3) is 0.231. The zero-order valence-electron chi connectivity index (χ0n) is 19.2. The van der Waals surface area contributed by atoms with Crippen molar-refractivity contribution in [3.05, 3.63) is 60.2 Å². The van der Waals surface area contributed by atoms with E-state index in [1.165, 1.54) is 15.8 Å². The van der Waals surface area contributed by atoms with Crippen LogP contribution in [-0.4, -0.2) is 59.8 Å². The second-order valence-corrected chi connectivity index (χ2v) is 9.58. The minimum absolute atomic E-state index is 0.578. The van der Waals surface area contributed by atoms with Gasteiger partial charge in [-0.1, -0.05) is 18.2 Å². The number of nitrogens with zero attached hydrogens (tertiary/aromatic N) is 5. The van der Waals surface area contributed by atoms with Gasteiger partial charge in [0.1, 0.15) is 11.6 Å². The molecule has 6 rings (SSSR count). The number of aromatic nitrogens is 3. The van der Waals surface area contributed by atoms with E-state index in [4.69, 9.17) is 15.5 Å². The minimum Gasteiger partial charge on any atom is -0.496 e. The fourth-order valence-corrected chi connectivity index (χ4v) is 5.66. The first kappa shape index (κ1) is 20.9. The summed E-state index contributed by atoms with van der Waals surface area (Å²) in [6.45, 7) is 4.10. The lowest BCUT2D eigenvalue weighted by atomic mass is 10.0. The van der Waals surface area contributed by atoms with E-state index in [0.29, 0.717) is 5.82 Å². The summed E-state index contributed by atoms with van der Waals surface area (Å²) in [5.74, 6) is 1.37. The van der Waals surface area contributed by atoms with Crippen LogP contribution in [0.5, 0.6) is 5.75 Å². The number of likely N-dealkylation sites (N-methyl/N-ethyl adjacent to an activating group) is 1. The molecule has 3 aromatic heterocycles. The van der Waals surface area contributed by atoms with E-state index in [0.717, 1.165) is 59.8 Å². The van der Waals surface area contributed by atoms with Crippen molar-refractivity contribution in [3.8, 4) is 28.0 Å². The monoisotopic (exact) mass is 470 g/mol. The van der Waals surface area contributed by atoms with Crippen molar-refractivity contribution in [2.45, 2.75) is 0 Å². The molecule has 5 aromatic rings. The maximum Gasteiger partial charge on any atom is 0.165 e. The van der Waals surface area contributed by atoms with Crippen LogP contribution in [0.3, 0.4) is 0 Å². The maximum absolute atomic E-state index is 6.64. The van der Waals surface area contributed by atoms with Crippen molar-refractivity contribution in [2.75, 3.05) is 51.0 Å². The van der Waals surface area contributed by atoms with Crippen LogP contribution in [0, 0.1) is 0 Å². The molecule has 0 unspecified atom stereocenters. The Balaban J connectivity index is 1.45. The van der Waals surface area contributed by atoms with Gasteiger partial charge in [-0.3, -0.25) is 0 Å². The number of rotatable bonds is 4. The zero-order chi connectivity index (χ0) is 23.2. The molecule has 1 aliphatic rings. The van der Waals surface area contributed by atoms with Gasteiger partial charge in [0.15, 0.2) is 5.65 Å². The van der Waals surface area contributed by atoms with E-state index in [2.05, 4.69) is 57.7 Å². The Bertz CT molecular complexity index is 1500. The number of hydrogen-bond donors (Lipinski definition) is 1. The summed E-state index contributed by atoms with van der Waals surface area (Å²) in [5.41, 5.74) is 12.4. The van der Waals surface area contributed by atoms with Gasteiger partial charge in [-0.15, -0.1) is 11.3 Å². The molecule has 172 valence electrons. The Hall–Kier alpha value is -3.62. The molecule has 2 aromatic carbocycles. The van der Waals surface area contributed by atoms with E-state index in [9.17, 15) is 0 Å². The highest BCUT2D eigenvalue weighted by Gasteiger charge is 2.20. The quantitative estimate of drug-likeness (QED) is 0.413. The summed E-state index contributed by atoms with van der Waals surface area (Å²) in [6, 6.07) is 14.7. The van der Waals surface area contributed by atoms with E-state index < -0.39 is 0 Å². The van der Waals surface area contributed by atoms with E-state index >= 15 is 0 Å². The van der Waals surface area contributed by atoms with E-state index in [-0.39, 0.29) is 0 Å². The Morgan fingerprint density at radius 3 is 2.59 bits per heavy atom. The van der Waals surface area contributed by atoms with Crippen LogP contribution in [0.25, 0.3) is 38.0 Å². The lowest BCUT2D eigenvalue weighted by Crippen LogP contribution is -2.44. The van der Waals surface area contributed by atoms with Crippen LogP contribution in [-0.2, 0) is 0 Å². The molecule has 7 nitrogen and oxygen atoms in total. The standard InChI is InChI=1S/C26H26N6OS/c1-30-9-11-31(12-10-30)17-7-8-23(33-2)19(13-17)21-15-29-32-25(27)20(14-28-26(21)32)22-16-34-24-6-4-3-5-18(22)24/h3-8,13-16H,9-12,27H2,1-2H3. The minimum atomic E-state index is 0.578. The predicted octanol–water partition coefficient (Wildman–Crippen LogP) is 4.62. The Morgan fingerprint density at radius 1 is 0.941 bits per heavy atom. The highest BCUT2D eigenvalue weighted by Crippen LogP contribution is 2.39. The smallest absolute Gasteiger partial charge is 0.165 e. The molecule has 0 aliphatic carbocycles. The molecule has 0 atom stereocenters. The van der Waals surface area contributed by atoms with Crippen molar-refractivity contribution in [2.24, 2.45) is 0 Å². The van der Waals surface area contributed by atoms with Crippen molar-refractivity contribution in [1.82, 2.24) is 19.5 Å². The fourth-order valence-electron chi connectivity index (χ4n) is 4.70. The number of nitrogens with two attached hydrogens (primary N) is 1. The number of thiophene rings is 1. The highest BCUT2D eigenvalue weighted by molar-refractivity contribution is 7.17. The first-order valence-corrected chi connectivity index (χ1v) is 12.2. The van der Waals surface area contributed by atoms with Gasteiger partial charge < -0.3 is 20.3 Å². The molecule has 1 fully saturated rings. The van der Waals surface area contributed by atoms with Crippen LogP contribution < -0.4 is 15.4 Å². The number of benzene rings is 2. The van der Waals surface area contributed by atoms with Crippen molar-refractivity contribution in [3.63, 3.8) is 0 Å². The molecule has 1 saturated heterocycles. The molecule has 4 heterocycles. The molecule has 0 saturated carbocycles. The Kier molecular flexibility index (Phi) is 5.12. The number of anilines is 2. The van der Waals surface area contributed by atoms with Gasteiger partial charge in [0.2, 0.25) is 0 Å². The predicted molar refractivity (Wildman–Crippen MR) is 140 cm³/mol. The number of nitrogen functional groups attached to an aromatic ring is 1. The van der Waals surface area contributed by atoms with Gasteiger partial charge in [-0.25, -0.2) is 4.98 Å². The second-order valence-electron chi connectivity index (χ2n) is 8.67. The van der Waals surface area contributed by atoms with Crippen molar-refractivity contribution < 1.29 is 4.74 Å². The molecule has 0 spiro atoms. The van der Waals surface area contributed by atoms with Gasteiger partial charge >= 0.3 is 0 Å². The molecule has 1 aliphatic heterocycles. The van der Waals surface area contributed by atoms with Crippen LogP contribution in [0.4, 0.5) is 11.5 Å². The summed E-state index contributed by atoms with van der Waals surface area (Å²) >= 11 is 1.71. The van der Waals surface area contributed by atoms with Crippen LogP contribution in [0.2, 0.25) is 0 Å². The van der Waals surface area contributed by atoms with Gasteiger partial charge in [0.25, 0.3) is 0 Å². The Labute approximate surface area is 202 Å². The maximum atomic E-state index is 6.64. The normalized spacial score (nSPS) is 14.8. The molecule has 34 heavy (non-hydrogen) atoms. The van der Waals surface area contributed by atoms with Crippen LogP contribution in [0.1, 0.15) is 0 Å². The number of methoxy groups -OCH3 is 1. The van der Waals surface area contributed by atoms with Crippen LogP contribution >= 0.6 is 11.3 Å². The average Bonchev–Trinajstić information content (AvgIpc) is 3.49. The third-order valence-corrected chi connectivity index (χ3v) is 7.64. The molecule has 0 amide bonds. The molecular formula is C26H26N6OS. The second kappa shape index (κ2) is 8.30. The zero-order valence-corrected chi connectivity index (χ0v) is 20.0. The molecule has 2 N–H and O–H groups in total. The molecular weight excluding hydrogens is 444 g/mol. The highest BCUT2D eigenvalue weighted by atomic mass is 32.1. The first-order chi connectivity index (χ1) is 16.6. The van der Waals surface area contributed by atoms with E-state index in [1.54, 1.807) is 23.0 Å². The summed E-state index contributed by atoms with van der Waals surface area (Å²) in [5, 5.41) is 7.94. The number of hydrogen-bond acceptors (Lipinski definition) is 7. The van der Waals surface area contributed by atoms with Gasteiger partial charge in [0, 0.05) is 64.8 Å².